The van der Waals surface area contributed by atoms with Gasteiger partial charge in [0, 0.05) is 5.56 Å². The molecule has 0 aliphatic rings. The molecule has 0 radical (unpaired) electrons. The minimum absolute atomic E-state index is 0.0256. The van der Waals surface area contributed by atoms with Gasteiger partial charge in [-0.15, -0.1) is 0 Å². The molecule has 8 heteroatoms. The summed E-state index contributed by atoms with van der Waals surface area (Å²) in [4.78, 5) is 14.4. The van der Waals surface area contributed by atoms with Crippen molar-refractivity contribution < 1.29 is 13.9 Å². The fraction of sp³-hybridized carbons (Fsp3) is 0.0952. The molecular weight excluding hydrogens is 375 g/mol. The highest BCUT2D eigenvalue weighted by Crippen LogP contribution is 2.36. The zero-order chi connectivity index (χ0) is 21.0. The van der Waals surface area contributed by atoms with E-state index in [9.17, 15) is 19.7 Å². The van der Waals surface area contributed by atoms with E-state index in [0.29, 0.717) is 22.6 Å². The van der Waals surface area contributed by atoms with Crippen molar-refractivity contribution in [2.24, 2.45) is 0 Å². The van der Waals surface area contributed by atoms with Crippen molar-refractivity contribution in [1.29, 1.82) is 10.5 Å². The number of rotatable bonds is 5. The van der Waals surface area contributed by atoms with E-state index in [1.165, 1.54) is 25.3 Å². The predicted octanol–water partition coefficient (Wildman–Crippen LogP) is 3.09. The fourth-order valence-corrected chi connectivity index (χ4v) is 2.86. The van der Waals surface area contributed by atoms with Crippen molar-refractivity contribution >= 4 is 5.82 Å². The monoisotopic (exact) mass is 390 g/mol. The molecule has 0 saturated carbocycles. The number of nitrogens with zero attached hydrogens (tertiary/aromatic N) is 2. The maximum Gasteiger partial charge on any atom is 0.268 e. The summed E-state index contributed by atoms with van der Waals surface area (Å²) in [5, 5.41) is 18.9. The summed E-state index contributed by atoms with van der Waals surface area (Å²) in [5.74, 6) is 0.161. The molecule has 0 bridgehead atoms. The molecule has 1 heterocycles. The Morgan fingerprint density at radius 3 is 2.52 bits per heavy atom. The minimum Gasteiger partial charge on any atom is -0.493 e. The van der Waals surface area contributed by atoms with E-state index >= 15 is 0 Å². The summed E-state index contributed by atoms with van der Waals surface area (Å²) >= 11 is 0. The topological polar surface area (TPSA) is 125 Å². The van der Waals surface area contributed by atoms with Gasteiger partial charge in [0.2, 0.25) is 0 Å². The maximum absolute atomic E-state index is 13.4. The number of hydrogen-bond donors (Lipinski definition) is 2. The summed E-state index contributed by atoms with van der Waals surface area (Å²) < 4.78 is 24.4. The first-order valence-corrected chi connectivity index (χ1v) is 8.40. The van der Waals surface area contributed by atoms with Crippen LogP contribution in [0.2, 0.25) is 0 Å². The van der Waals surface area contributed by atoms with Gasteiger partial charge in [0.15, 0.2) is 11.5 Å². The van der Waals surface area contributed by atoms with Gasteiger partial charge in [0.1, 0.15) is 41.5 Å². The number of benzene rings is 2. The lowest BCUT2D eigenvalue weighted by Crippen LogP contribution is -2.16. The number of ether oxygens (including phenoxy) is 2. The van der Waals surface area contributed by atoms with E-state index in [-0.39, 0.29) is 34.9 Å². The zero-order valence-electron chi connectivity index (χ0n) is 15.3. The van der Waals surface area contributed by atoms with E-state index in [4.69, 9.17) is 15.2 Å². The summed E-state index contributed by atoms with van der Waals surface area (Å²) in [6, 6.07) is 14.4. The number of H-pyrrole nitrogens is 1. The van der Waals surface area contributed by atoms with Crippen molar-refractivity contribution in [3.05, 3.63) is 75.3 Å². The van der Waals surface area contributed by atoms with Gasteiger partial charge < -0.3 is 20.2 Å². The number of hydrogen-bond acceptors (Lipinski definition) is 6. The van der Waals surface area contributed by atoms with Crippen LogP contribution >= 0.6 is 0 Å². The van der Waals surface area contributed by atoms with Gasteiger partial charge in [-0.1, -0.05) is 18.2 Å². The molecule has 1 aromatic heterocycles. The Balaban J connectivity index is 2.10. The Morgan fingerprint density at radius 1 is 1.10 bits per heavy atom. The molecule has 144 valence electrons. The molecule has 0 spiro atoms. The number of methoxy groups -OCH3 is 1. The molecule has 0 fully saturated rings. The second-order valence-electron chi connectivity index (χ2n) is 6.00. The van der Waals surface area contributed by atoms with Gasteiger partial charge in [0.05, 0.1) is 7.11 Å². The smallest absolute Gasteiger partial charge is 0.268 e. The third kappa shape index (κ3) is 3.87. The van der Waals surface area contributed by atoms with Gasteiger partial charge in [-0.3, -0.25) is 4.79 Å². The Labute approximate surface area is 165 Å². The first-order valence-electron chi connectivity index (χ1n) is 8.40. The maximum atomic E-state index is 13.4. The molecule has 0 saturated heterocycles. The molecule has 3 aromatic rings. The van der Waals surface area contributed by atoms with Gasteiger partial charge in [-0.25, -0.2) is 4.39 Å². The van der Waals surface area contributed by atoms with E-state index in [2.05, 4.69) is 4.98 Å². The van der Waals surface area contributed by atoms with Crippen molar-refractivity contribution in [1.82, 2.24) is 4.98 Å². The standard InChI is InChI=1S/C21H15FN4O3/c1-28-17-6-5-13(8-18(17)29-11-12-3-2-4-14(22)7-12)19-15(9-23)20(25)26-21(27)16(19)10-24/h2-8H,11H2,1H3,(H3,25,26,27). The minimum atomic E-state index is -0.697. The Morgan fingerprint density at radius 2 is 1.86 bits per heavy atom. The summed E-state index contributed by atoms with van der Waals surface area (Å²) in [5.41, 5.74) is 5.89. The van der Waals surface area contributed by atoms with Gasteiger partial charge >= 0.3 is 0 Å². The van der Waals surface area contributed by atoms with E-state index < -0.39 is 5.56 Å². The predicted molar refractivity (Wildman–Crippen MR) is 104 cm³/mol. The molecule has 0 aliphatic carbocycles. The summed E-state index contributed by atoms with van der Waals surface area (Å²) in [7, 11) is 1.46. The molecule has 3 rings (SSSR count). The average Bonchev–Trinajstić information content (AvgIpc) is 2.71. The third-order valence-corrected chi connectivity index (χ3v) is 4.20. The van der Waals surface area contributed by atoms with Crippen LogP contribution in [0.4, 0.5) is 10.2 Å². The second-order valence-corrected chi connectivity index (χ2v) is 6.00. The number of nitrogens with one attached hydrogen (secondary N) is 1. The summed E-state index contributed by atoms with van der Waals surface area (Å²) in [6.07, 6.45) is 0. The highest BCUT2D eigenvalue weighted by molar-refractivity contribution is 5.81. The Hall–Kier alpha value is -4.30. The van der Waals surface area contributed by atoms with Crippen LogP contribution < -0.4 is 20.8 Å². The number of aromatic amines is 1. The summed E-state index contributed by atoms with van der Waals surface area (Å²) in [6.45, 7) is 0.0608. The Bertz CT molecular complexity index is 1220. The number of nitriles is 2. The van der Waals surface area contributed by atoms with Crippen molar-refractivity contribution in [3.63, 3.8) is 0 Å². The zero-order valence-corrected chi connectivity index (χ0v) is 15.3. The number of nitrogens with two attached hydrogens (primary N) is 1. The van der Waals surface area contributed by atoms with Crippen LogP contribution in [0, 0.1) is 28.5 Å². The SMILES string of the molecule is COc1ccc(-c2c(C#N)c(N)[nH]c(=O)c2C#N)cc1OCc1cccc(F)c1. The quantitative estimate of drug-likeness (QED) is 0.690. The number of anilines is 1. The average molecular weight is 390 g/mol. The fourth-order valence-electron chi connectivity index (χ4n) is 2.86. The van der Waals surface area contributed by atoms with Crippen LogP contribution in [0.5, 0.6) is 11.5 Å². The van der Waals surface area contributed by atoms with Crippen molar-refractivity contribution in [2.45, 2.75) is 6.61 Å². The van der Waals surface area contributed by atoms with Crippen molar-refractivity contribution in [2.75, 3.05) is 12.8 Å². The van der Waals surface area contributed by atoms with Gasteiger partial charge in [0.25, 0.3) is 5.56 Å². The molecule has 2 aromatic carbocycles. The third-order valence-electron chi connectivity index (χ3n) is 4.20. The van der Waals surface area contributed by atoms with Crippen LogP contribution in [0.1, 0.15) is 16.7 Å². The lowest BCUT2D eigenvalue weighted by Gasteiger charge is -2.14. The van der Waals surface area contributed by atoms with Crippen molar-refractivity contribution in [3.8, 4) is 34.8 Å². The molecule has 0 atom stereocenters. The van der Waals surface area contributed by atoms with Crippen LogP contribution in [-0.2, 0) is 6.61 Å². The van der Waals surface area contributed by atoms with E-state index in [1.807, 2.05) is 12.1 Å². The molecule has 3 N–H and O–H groups in total. The lowest BCUT2D eigenvalue weighted by atomic mass is 9.96. The van der Waals surface area contributed by atoms with Gasteiger partial charge in [-0.05, 0) is 35.4 Å². The number of aromatic nitrogens is 1. The number of pyridine rings is 1. The molecule has 0 amide bonds. The van der Waals surface area contributed by atoms with E-state index in [0.717, 1.165) is 0 Å². The lowest BCUT2D eigenvalue weighted by molar-refractivity contribution is 0.284. The second kappa shape index (κ2) is 8.15. The first-order chi connectivity index (χ1) is 14.0. The van der Waals surface area contributed by atoms with E-state index in [1.54, 1.807) is 24.3 Å². The largest absolute Gasteiger partial charge is 0.493 e. The normalized spacial score (nSPS) is 10.1. The first kappa shape index (κ1) is 19.5. The highest BCUT2D eigenvalue weighted by Gasteiger charge is 2.19. The molecule has 0 unspecified atom stereocenters. The van der Waals surface area contributed by atoms with Crippen LogP contribution in [-0.4, -0.2) is 12.1 Å². The van der Waals surface area contributed by atoms with Crippen LogP contribution in [0.15, 0.2) is 47.3 Å². The molecule has 29 heavy (non-hydrogen) atoms. The number of nitrogen functional groups attached to an aromatic ring is 1. The van der Waals surface area contributed by atoms with Crippen LogP contribution in [0.3, 0.4) is 0 Å². The molecule has 0 aliphatic heterocycles. The Kier molecular flexibility index (Phi) is 5.47. The highest BCUT2D eigenvalue weighted by atomic mass is 19.1. The molecular formula is C21H15FN4O3. The molecule has 7 nitrogen and oxygen atoms in total. The van der Waals surface area contributed by atoms with Gasteiger partial charge in [-0.2, -0.15) is 10.5 Å². The number of halogens is 1. The van der Waals surface area contributed by atoms with Crippen LogP contribution in [0.25, 0.3) is 11.1 Å².